The first-order chi connectivity index (χ1) is 18.7. The molecule has 12 heteroatoms. The van der Waals surface area contributed by atoms with Gasteiger partial charge in [-0.2, -0.15) is 0 Å². The van der Waals surface area contributed by atoms with E-state index < -0.39 is 15.8 Å². The lowest BCUT2D eigenvalue weighted by atomic mass is 10.1. The van der Waals surface area contributed by atoms with E-state index in [0.717, 1.165) is 49.0 Å². The molecule has 0 spiro atoms. The van der Waals surface area contributed by atoms with Crippen LogP contribution in [-0.4, -0.2) is 63.5 Å². The summed E-state index contributed by atoms with van der Waals surface area (Å²) >= 11 is 1.73. The zero-order valence-electron chi connectivity index (χ0n) is 22.2. The van der Waals surface area contributed by atoms with Crippen molar-refractivity contribution < 1.29 is 17.6 Å². The Kier molecular flexibility index (Phi) is 9.29. The lowest BCUT2D eigenvalue weighted by molar-refractivity contribution is 0.0948. The Morgan fingerprint density at radius 2 is 1.73 bits per heavy atom. The van der Waals surface area contributed by atoms with Gasteiger partial charge >= 0.3 is 0 Å². The largest absolute Gasteiger partial charge is 0.351 e. The van der Waals surface area contributed by atoms with Crippen molar-refractivity contribution in [2.45, 2.75) is 18.7 Å². The SMILES string of the molecule is Cc1cc(C)c2nc(N3CCN(CCNC(=O)c4ccccc4NS(=O)(=O)c4ccc(F)cc4)CC3)sc2c1.Cl. The molecule has 5 rings (SSSR count). The number of hydrogen-bond acceptors (Lipinski definition) is 7. The van der Waals surface area contributed by atoms with Gasteiger partial charge in [0.2, 0.25) is 0 Å². The third-order valence-corrected chi connectivity index (χ3v) is 9.16. The van der Waals surface area contributed by atoms with Gasteiger partial charge in [-0.15, -0.1) is 12.4 Å². The first kappa shape index (κ1) is 29.7. The normalized spacial score (nSPS) is 14.1. The fraction of sp³-hybridized carbons (Fsp3) is 0.286. The van der Waals surface area contributed by atoms with Crippen LogP contribution in [-0.2, 0) is 10.0 Å². The molecule has 0 saturated carbocycles. The summed E-state index contributed by atoms with van der Waals surface area (Å²) < 4.78 is 42.4. The van der Waals surface area contributed by atoms with Gasteiger partial charge in [0, 0.05) is 39.3 Å². The molecule has 3 aromatic carbocycles. The number of amides is 1. The van der Waals surface area contributed by atoms with Crippen molar-refractivity contribution in [1.82, 2.24) is 15.2 Å². The maximum atomic E-state index is 13.2. The molecule has 4 aromatic rings. The lowest BCUT2D eigenvalue weighted by Gasteiger charge is -2.34. The number of rotatable bonds is 8. The Balaban J connectivity index is 0.00000370. The maximum Gasteiger partial charge on any atom is 0.261 e. The number of piperazine rings is 1. The minimum atomic E-state index is -3.98. The standard InChI is InChI=1S/C28H30FN5O3S2.ClH/c1-19-17-20(2)26-25(18-19)38-28(31-26)34-15-13-33(14-16-34)12-11-30-27(35)23-5-3-4-6-24(23)32-39(36,37)22-9-7-21(29)8-10-22;/h3-10,17-18,32H,11-16H2,1-2H3,(H,30,35);1H. The van der Waals surface area contributed by atoms with Crippen molar-refractivity contribution in [1.29, 1.82) is 0 Å². The summed E-state index contributed by atoms with van der Waals surface area (Å²) in [7, 11) is -3.98. The molecule has 8 nitrogen and oxygen atoms in total. The molecule has 1 fully saturated rings. The molecular formula is C28H31ClFN5O3S2. The first-order valence-corrected chi connectivity index (χ1v) is 15.0. The number of para-hydroxylation sites is 1. The summed E-state index contributed by atoms with van der Waals surface area (Å²) in [6, 6.07) is 15.3. The van der Waals surface area contributed by atoms with Gasteiger partial charge in [0.15, 0.2) is 5.13 Å². The van der Waals surface area contributed by atoms with Gasteiger partial charge in [0.25, 0.3) is 15.9 Å². The van der Waals surface area contributed by atoms with E-state index >= 15 is 0 Å². The van der Waals surface area contributed by atoms with E-state index in [4.69, 9.17) is 4.98 Å². The fourth-order valence-corrected chi connectivity index (χ4v) is 6.94. The Labute approximate surface area is 243 Å². The zero-order valence-corrected chi connectivity index (χ0v) is 24.6. The smallest absolute Gasteiger partial charge is 0.261 e. The average Bonchev–Trinajstić information content (AvgIpc) is 3.34. The number of benzene rings is 3. The number of hydrogen-bond donors (Lipinski definition) is 2. The first-order valence-electron chi connectivity index (χ1n) is 12.7. The molecule has 1 amide bonds. The summed E-state index contributed by atoms with van der Waals surface area (Å²) in [6.07, 6.45) is 0. The third kappa shape index (κ3) is 6.72. The van der Waals surface area contributed by atoms with Crippen LogP contribution in [0.25, 0.3) is 10.2 Å². The van der Waals surface area contributed by atoms with E-state index in [1.54, 1.807) is 29.5 Å². The number of aromatic nitrogens is 1. The van der Waals surface area contributed by atoms with E-state index in [-0.39, 0.29) is 34.5 Å². The van der Waals surface area contributed by atoms with Crippen LogP contribution in [0.15, 0.2) is 65.6 Å². The number of carbonyl (C=O) groups is 1. The molecule has 0 atom stereocenters. The second kappa shape index (κ2) is 12.5. The van der Waals surface area contributed by atoms with Crippen LogP contribution in [0.4, 0.5) is 15.2 Å². The van der Waals surface area contributed by atoms with Crippen molar-refractivity contribution in [2.24, 2.45) is 0 Å². The number of carbonyl (C=O) groups excluding carboxylic acids is 1. The minimum Gasteiger partial charge on any atom is -0.351 e. The summed E-state index contributed by atoms with van der Waals surface area (Å²) in [4.78, 5) is 22.3. The molecule has 40 heavy (non-hydrogen) atoms. The third-order valence-electron chi connectivity index (χ3n) is 6.71. The van der Waals surface area contributed by atoms with Crippen LogP contribution in [0, 0.1) is 19.7 Å². The summed E-state index contributed by atoms with van der Waals surface area (Å²) in [5, 5.41) is 3.95. The van der Waals surface area contributed by atoms with E-state index in [0.29, 0.717) is 13.1 Å². The van der Waals surface area contributed by atoms with Gasteiger partial charge in [0.05, 0.1) is 26.4 Å². The Hall–Kier alpha value is -3.25. The number of anilines is 2. The maximum absolute atomic E-state index is 13.2. The minimum absolute atomic E-state index is 0. The quantitative estimate of drug-likeness (QED) is 0.300. The van der Waals surface area contributed by atoms with Crippen LogP contribution in [0.1, 0.15) is 21.5 Å². The number of sulfonamides is 1. The van der Waals surface area contributed by atoms with Crippen molar-refractivity contribution in [3.05, 3.63) is 83.2 Å². The molecule has 2 heterocycles. The van der Waals surface area contributed by atoms with Crippen molar-refractivity contribution >= 4 is 60.7 Å². The van der Waals surface area contributed by atoms with Crippen molar-refractivity contribution in [3.8, 4) is 0 Å². The summed E-state index contributed by atoms with van der Waals surface area (Å²) in [6.45, 7) is 8.76. The molecule has 0 unspecified atom stereocenters. The highest BCUT2D eigenvalue weighted by Gasteiger charge is 2.22. The highest BCUT2D eigenvalue weighted by atomic mass is 35.5. The Morgan fingerprint density at radius 3 is 2.45 bits per heavy atom. The number of fused-ring (bicyclic) bond motifs is 1. The van der Waals surface area contributed by atoms with E-state index in [2.05, 4.69) is 45.8 Å². The fourth-order valence-electron chi connectivity index (χ4n) is 4.67. The second-order valence-corrected chi connectivity index (χ2v) is 12.3. The molecule has 1 saturated heterocycles. The number of nitrogens with one attached hydrogen (secondary N) is 2. The van der Waals surface area contributed by atoms with E-state index in [1.165, 1.54) is 34.0 Å². The van der Waals surface area contributed by atoms with Gasteiger partial charge < -0.3 is 10.2 Å². The Morgan fingerprint density at radius 1 is 1.02 bits per heavy atom. The number of thiazole rings is 1. The molecule has 2 N–H and O–H groups in total. The van der Waals surface area contributed by atoms with Crippen molar-refractivity contribution in [2.75, 3.05) is 48.9 Å². The molecule has 1 aromatic heterocycles. The number of nitrogens with zero attached hydrogens (tertiary/aromatic N) is 3. The average molecular weight is 604 g/mol. The monoisotopic (exact) mass is 603 g/mol. The predicted molar refractivity (Wildman–Crippen MR) is 161 cm³/mol. The molecule has 0 aliphatic carbocycles. The number of halogens is 2. The zero-order chi connectivity index (χ0) is 27.6. The molecule has 1 aliphatic heterocycles. The van der Waals surface area contributed by atoms with Crippen LogP contribution in [0.5, 0.6) is 0 Å². The molecule has 1 aliphatic rings. The topological polar surface area (TPSA) is 94.6 Å². The van der Waals surface area contributed by atoms with Crippen molar-refractivity contribution in [3.63, 3.8) is 0 Å². The molecule has 0 bridgehead atoms. The lowest BCUT2D eigenvalue weighted by Crippen LogP contribution is -2.48. The van der Waals surface area contributed by atoms with E-state index in [9.17, 15) is 17.6 Å². The van der Waals surface area contributed by atoms with Crippen LogP contribution < -0.4 is 14.9 Å². The van der Waals surface area contributed by atoms with Gasteiger partial charge in [-0.1, -0.05) is 29.5 Å². The van der Waals surface area contributed by atoms with Crippen LogP contribution in [0.2, 0.25) is 0 Å². The molecular weight excluding hydrogens is 573 g/mol. The Bertz CT molecular complexity index is 1600. The highest BCUT2D eigenvalue weighted by molar-refractivity contribution is 7.92. The van der Waals surface area contributed by atoms with E-state index in [1.807, 2.05) is 0 Å². The molecule has 212 valence electrons. The number of aryl methyl sites for hydroxylation is 2. The van der Waals surface area contributed by atoms with Crippen LogP contribution in [0.3, 0.4) is 0 Å². The summed E-state index contributed by atoms with van der Waals surface area (Å²) in [5.74, 6) is -0.900. The molecule has 0 radical (unpaired) electrons. The van der Waals surface area contributed by atoms with Gasteiger partial charge in [-0.25, -0.2) is 17.8 Å². The summed E-state index contributed by atoms with van der Waals surface area (Å²) in [5.41, 5.74) is 3.90. The van der Waals surface area contributed by atoms with Crippen LogP contribution >= 0.6 is 23.7 Å². The predicted octanol–water partition coefficient (Wildman–Crippen LogP) is 4.83. The van der Waals surface area contributed by atoms with Gasteiger partial charge in [0.1, 0.15) is 5.82 Å². The second-order valence-electron chi connectivity index (χ2n) is 9.61. The van der Waals surface area contributed by atoms with Gasteiger partial charge in [-0.05, 0) is 67.4 Å². The highest BCUT2D eigenvalue weighted by Crippen LogP contribution is 2.32. The van der Waals surface area contributed by atoms with Gasteiger partial charge in [-0.3, -0.25) is 14.4 Å².